The molecule has 26 heavy (non-hydrogen) atoms. The number of rotatable bonds is 6. The number of hydrogen-bond acceptors (Lipinski definition) is 2. The standard InChI is InChI=1S/C10H19NO.C8H17NO.2C2H6/c1-4-11(8(2)3)10(12)9-6-5-7-9;1-5-8(10)9(4)6-7(2)3;2*1-2/h8-9H,4-7H2,1-3H3;7H,5-6H2,1-4H3;2*1-2H3. The summed E-state index contributed by atoms with van der Waals surface area (Å²) in [6, 6.07) is 0.364. The maximum Gasteiger partial charge on any atom is 0.225 e. The number of nitrogens with zero attached hydrogens (tertiary/aromatic N) is 2. The van der Waals surface area contributed by atoms with Crippen molar-refractivity contribution in [2.45, 2.75) is 101 Å². The largest absolute Gasteiger partial charge is 0.346 e. The van der Waals surface area contributed by atoms with Crippen LogP contribution in [0.4, 0.5) is 0 Å². The third-order valence-corrected chi connectivity index (χ3v) is 4.07. The number of amides is 2. The minimum absolute atomic E-state index is 0.230. The van der Waals surface area contributed by atoms with Crippen molar-refractivity contribution in [3.63, 3.8) is 0 Å². The van der Waals surface area contributed by atoms with Crippen LogP contribution in [0.15, 0.2) is 0 Å². The Bertz CT molecular complexity index is 337. The summed E-state index contributed by atoms with van der Waals surface area (Å²) in [6.07, 6.45) is 4.08. The van der Waals surface area contributed by atoms with Crippen molar-refractivity contribution in [1.82, 2.24) is 9.80 Å². The van der Waals surface area contributed by atoms with Crippen molar-refractivity contribution in [3.05, 3.63) is 0 Å². The third kappa shape index (κ3) is 13.2. The smallest absolute Gasteiger partial charge is 0.225 e. The molecule has 1 fully saturated rings. The molecule has 0 aromatic heterocycles. The lowest BCUT2D eigenvalue weighted by atomic mass is 9.84. The first kappa shape index (κ1) is 29.7. The van der Waals surface area contributed by atoms with Gasteiger partial charge in [0, 0.05) is 38.5 Å². The second-order valence-corrected chi connectivity index (χ2v) is 6.87. The molecule has 1 rings (SSSR count). The summed E-state index contributed by atoms with van der Waals surface area (Å²) in [5.74, 6) is 1.53. The van der Waals surface area contributed by atoms with Crippen molar-refractivity contribution >= 4 is 11.8 Å². The Hall–Kier alpha value is -1.06. The Morgan fingerprint density at radius 3 is 1.65 bits per heavy atom. The summed E-state index contributed by atoms with van der Waals surface area (Å²) in [5.41, 5.74) is 0. The molecule has 4 nitrogen and oxygen atoms in total. The minimum atomic E-state index is 0.230. The molecule has 0 spiro atoms. The molecule has 0 unspecified atom stereocenters. The van der Waals surface area contributed by atoms with Gasteiger partial charge in [-0.25, -0.2) is 0 Å². The summed E-state index contributed by atoms with van der Waals surface area (Å²) >= 11 is 0. The van der Waals surface area contributed by atoms with Gasteiger partial charge in [0.25, 0.3) is 0 Å². The minimum Gasteiger partial charge on any atom is -0.346 e. The lowest BCUT2D eigenvalue weighted by Gasteiger charge is -2.33. The normalized spacial score (nSPS) is 12.5. The molecule has 0 radical (unpaired) electrons. The van der Waals surface area contributed by atoms with Crippen LogP contribution in [0.2, 0.25) is 0 Å². The quantitative estimate of drug-likeness (QED) is 0.608. The molecule has 1 aliphatic rings. The van der Waals surface area contributed by atoms with E-state index in [1.165, 1.54) is 6.42 Å². The van der Waals surface area contributed by atoms with Gasteiger partial charge in [-0.3, -0.25) is 9.59 Å². The Kier molecular flexibility index (Phi) is 21.4. The van der Waals surface area contributed by atoms with Crippen molar-refractivity contribution in [3.8, 4) is 0 Å². The van der Waals surface area contributed by atoms with Crippen LogP contribution in [0.3, 0.4) is 0 Å². The summed E-state index contributed by atoms with van der Waals surface area (Å²) in [4.78, 5) is 26.5. The highest BCUT2D eigenvalue weighted by Crippen LogP contribution is 2.28. The summed E-state index contributed by atoms with van der Waals surface area (Å²) < 4.78 is 0. The summed E-state index contributed by atoms with van der Waals surface area (Å²) in [6.45, 7) is 22.1. The molecule has 0 bridgehead atoms. The first-order valence-corrected chi connectivity index (χ1v) is 10.8. The highest BCUT2D eigenvalue weighted by molar-refractivity contribution is 5.79. The van der Waals surface area contributed by atoms with Gasteiger partial charge in [0.2, 0.25) is 11.8 Å². The van der Waals surface area contributed by atoms with Crippen LogP contribution in [-0.2, 0) is 9.59 Å². The average molecular weight is 373 g/mol. The van der Waals surface area contributed by atoms with Crippen molar-refractivity contribution in [1.29, 1.82) is 0 Å². The van der Waals surface area contributed by atoms with E-state index in [1.807, 2.05) is 46.6 Å². The molecular formula is C22H48N2O2. The predicted octanol–water partition coefficient (Wildman–Crippen LogP) is 5.61. The van der Waals surface area contributed by atoms with Crippen LogP contribution in [0, 0.1) is 11.8 Å². The van der Waals surface area contributed by atoms with Gasteiger partial charge in [-0.1, -0.05) is 54.9 Å². The zero-order chi connectivity index (χ0) is 21.3. The van der Waals surface area contributed by atoms with Crippen LogP contribution in [0.25, 0.3) is 0 Å². The van der Waals surface area contributed by atoms with E-state index in [1.54, 1.807) is 4.90 Å². The van der Waals surface area contributed by atoms with Crippen molar-refractivity contribution in [2.24, 2.45) is 11.8 Å². The maximum atomic E-state index is 11.7. The molecule has 1 saturated carbocycles. The summed E-state index contributed by atoms with van der Waals surface area (Å²) in [7, 11) is 1.85. The van der Waals surface area contributed by atoms with Gasteiger partial charge in [-0.2, -0.15) is 0 Å². The lowest BCUT2D eigenvalue weighted by molar-refractivity contribution is -0.139. The zero-order valence-corrected chi connectivity index (χ0v) is 19.7. The maximum absolute atomic E-state index is 11.7. The van der Waals surface area contributed by atoms with Crippen molar-refractivity contribution < 1.29 is 9.59 Å². The van der Waals surface area contributed by atoms with Crippen LogP contribution in [0.5, 0.6) is 0 Å². The fourth-order valence-corrected chi connectivity index (χ4v) is 2.58. The average Bonchev–Trinajstić information content (AvgIpc) is 2.56. The molecule has 0 heterocycles. The Balaban J connectivity index is -0.000000346. The van der Waals surface area contributed by atoms with Gasteiger partial charge in [0.15, 0.2) is 0 Å². The number of carbonyl (C=O) groups excluding carboxylic acids is 2. The molecule has 0 N–H and O–H groups in total. The molecule has 0 saturated heterocycles. The van der Waals surface area contributed by atoms with Gasteiger partial charge in [-0.15, -0.1) is 0 Å². The van der Waals surface area contributed by atoms with Crippen LogP contribution in [0.1, 0.15) is 94.9 Å². The Morgan fingerprint density at radius 1 is 0.962 bits per heavy atom. The Morgan fingerprint density at radius 2 is 1.42 bits per heavy atom. The molecule has 0 aromatic rings. The molecule has 4 heteroatoms. The van der Waals surface area contributed by atoms with E-state index in [4.69, 9.17) is 0 Å². The Labute approximate surface area is 164 Å². The second-order valence-electron chi connectivity index (χ2n) is 6.87. The van der Waals surface area contributed by atoms with Gasteiger partial charge in [-0.05, 0) is 39.5 Å². The molecule has 2 amide bonds. The summed E-state index contributed by atoms with van der Waals surface area (Å²) in [5, 5.41) is 0. The van der Waals surface area contributed by atoms with E-state index in [-0.39, 0.29) is 5.91 Å². The SMILES string of the molecule is CC.CC.CCC(=O)N(C)CC(C)C.CCN(C(=O)C1CCC1)C(C)C. The van der Waals surface area contributed by atoms with E-state index >= 15 is 0 Å². The molecule has 158 valence electrons. The lowest BCUT2D eigenvalue weighted by Crippen LogP contribution is -2.42. The van der Waals surface area contributed by atoms with E-state index in [9.17, 15) is 9.59 Å². The van der Waals surface area contributed by atoms with Gasteiger partial charge < -0.3 is 9.80 Å². The van der Waals surface area contributed by atoms with Crippen molar-refractivity contribution in [2.75, 3.05) is 20.1 Å². The number of hydrogen-bond donors (Lipinski definition) is 0. The fraction of sp³-hybridized carbons (Fsp3) is 0.909. The highest BCUT2D eigenvalue weighted by Gasteiger charge is 2.29. The first-order valence-electron chi connectivity index (χ1n) is 10.8. The molecule has 0 atom stereocenters. The fourth-order valence-electron chi connectivity index (χ4n) is 2.58. The van der Waals surface area contributed by atoms with E-state index in [0.717, 1.165) is 25.9 Å². The zero-order valence-electron chi connectivity index (χ0n) is 19.7. The number of carbonyl (C=O) groups is 2. The van der Waals surface area contributed by atoms with E-state index in [0.29, 0.717) is 30.2 Å². The van der Waals surface area contributed by atoms with Gasteiger partial charge >= 0.3 is 0 Å². The van der Waals surface area contributed by atoms with Crippen LogP contribution >= 0.6 is 0 Å². The monoisotopic (exact) mass is 372 g/mol. The van der Waals surface area contributed by atoms with Gasteiger partial charge in [0.1, 0.15) is 0 Å². The molecule has 0 aromatic carbocycles. The molecular weight excluding hydrogens is 324 g/mol. The van der Waals surface area contributed by atoms with E-state index < -0.39 is 0 Å². The van der Waals surface area contributed by atoms with Gasteiger partial charge in [0.05, 0.1) is 0 Å². The second kappa shape index (κ2) is 18.7. The van der Waals surface area contributed by atoms with Crippen LogP contribution in [-0.4, -0.2) is 47.8 Å². The predicted molar refractivity (Wildman–Crippen MR) is 115 cm³/mol. The molecule has 1 aliphatic carbocycles. The first-order chi connectivity index (χ1) is 12.2. The highest BCUT2D eigenvalue weighted by atomic mass is 16.2. The third-order valence-electron chi connectivity index (χ3n) is 4.07. The topological polar surface area (TPSA) is 40.6 Å². The molecule has 0 aliphatic heterocycles. The van der Waals surface area contributed by atoms with E-state index in [2.05, 4.69) is 34.6 Å². The van der Waals surface area contributed by atoms with Crippen LogP contribution < -0.4 is 0 Å².